The molecule has 0 aromatic carbocycles. The summed E-state index contributed by atoms with van der Waals surface area (Å²) in [4.78, 5) is 0. The zero-order chi connectivity index (χ0) is 9.91. The standard InChI is InChI=1S/2CH5NO.H2O4S/c2*1-2-3;1-5(2,3)4/h2*2-3H,1H3;(H2,1,2,3,4). The zero-order valence-electron chi connectivity index (χ0n) is 6.09. The first-order valence-electron chi connectivity index (χ1n) is 2.34. The van der Waals surface area contributed by atoms with E-state index in [9.17, 15) is 0 Å². The monoisotopic (exact) mass is 192 g/mol. The van der Waals surface area contributed by atoms with Gasteiger partial charge in [-0.05, 0) is 0 Å². The summed E-state index contributed by atoms with van der Waals surface area (Å²) < 4.78 is 34.1. The van der Waals surface area contributed by atoms with E-state index in [1.165, 1.54) is 0 Å². The number of hydrogen-bond acceptors (Lipinski definition) is 6. The zero-order valence-corrected chi connectivity index (χ0v) is 6.91. The highest BCUT2D eigenvalue weighted by Crippen LogP contribution is 1.57. The van der Waals surface area contributed by atoms with E-state index in [-0.39, 0.29) is 0 Å². The summed E-state index contributed by atoms with van der Waals surface area (Å²) in [7, 11) is -2.06. The minimum Gasteiger partial charge on any atom is -0.759 e. The molecule has 0 rings (SSSR count). The van der Waals surface area contributed by atoms with Crippen LogP contribution >= 0.6 is 0 Å². The quantitative estimate of drug-likeness (QED) is 0.173. The van der Waals surface area contributed by atoms with Gasteiger partial charge in [-0.1, -0.05) is 0 Å². The largest absolute Gasteiger partial charge is 0.759 e. The van der Waals surface area contributed by atoms with E-state index in [1.54, 1.807) is 14.1 Å². The molecule has 0 fully saturated rings. The summed E-state index contributed by atoms with van der Waals surface area (Å²) in [5, 5.41) is 14.9. The molecule has 72 valence electrons. The number of hydroxylamine groups is 2. The Morgan fingerprint density at radius 1 is 1.09 bits per heavy atom. The molecule has 0 radical (unpaired) electrons. The lowest BCUT2D eigenvalue weighted by Crippen LogP contribution is -2.75. The minimum atomic E-state index is -5.17. The van der Waals surface area contributed by atoms with Crippen LogP contribution in [0.3, 0.4) is 0 Å². The van der Waals surface area contributed by atoms with Gasteiger partial charge >= 0.3 is 0 Å². The van der Waals surface area contributed by atoms with Crippen molar-refractivity contribution < 1.29 is 38.9 Å². The van der Waals surface area contributed by atoms with Crippen molar-refractivity contribution >= 4 is 10.4 Å². The molecule has 0 unspecified atom stereocenters. The summed E-state index contributed by atoms with van der Waals surface area (Å²) in [6.07, 6.45) is 0. The van der Waals surface area contributed by atoms with Crippen molar-refractivity contribution in [3.05, 3.63) is 0 Å². The van der Waals surface area contributed by atoms with Gasteiger partial charge in [0.15, 0.2) is 0 Å². The van der Waals surface area contributed by atoms with E-state index in [1.807, 2.05) is 0 Å². The first-order chi connectivity index (χ1) is 4.83. The number of quaternary nitrogens is 2. The Morgan fingerprint density at radius 2 is 1.09 bits per heavy atom. The van der Waals surface area contributed by atoms with E-state index in [0.29, 0.717) is 0 Å². The maximum atomic E-state index is 8.52. The minimum absolute atomic E-state index is 1.00. The second-order valence-electron chi connectivity index (χ2n) is 0.925. The molecule has 8 nitrogen and oxygen atoms in total. The van der Waals surface area contributed by atoms with Crippen molar-refractivity contribution in [2.24, 2.45) is 0 Å². The van der Waals surface area contributed by atoms with Crippen LogP contribution in [0, 0.1) is 0 Å². The lowest BCUT2D eigenvalue weighted by molar-refractivity contribution is -0.867. The lowest BCUT2D eigenvalue weighted by atomic mass is 11.6. The van der Waals surface area contributed by atoms with Crippen LogP contribution in [-0.2, 0) is 10.4 Å². The molecule has 0 aliphatic heterocycles. The Bertz CT molecular complexity index is 122. The second-order valence-corrected chi connectivity index (χ2v) is 1.74. The van der Waals surface area contributed by atoms with Crippen LogP contribution in [0.1, 0.15) is 0 Å². The average Bonchev–Trinajstić information content (AvgIpc) is 1.62. The molecule has 0 aromatic heterocycles. The van der Waals surface area contributed by atoms with Gasteiger partial charge < -0.3 is 9.11 Å². The van der Waals surface area contributed by atoms with Crippen LogP contribution in [-0.4, -0.2) is 42.0 Å². The number of rotatable bonds is 0. The van der Waals surface area contributed by atoms with Gasteiger partial charge in [0, 0.05) is 10.4 Å². The summed E-state index contributed by atoms with van der Waals surface area (Å²) in [5.41, 5.74) is 2.00. The lowest BCUT2D eigenvalue weighted by Gasteiger charge is -2.06. The van der Waals surface area contributed by atoms with Crippen LogP contribution in [0.2, 0.25) is 0 Å². The normalized spacial score (nSPS) is 8.55. The molecule has 0 aliphatic rings. The fourth-order valence-electron chi connectivity index (χ4n) is 0. The van der Waals surface area contributed by atoms with Gasteiger partial charge in [-0.25, -0.2) is 21.4 Å². The third-order valence-electron chi connectivity index (χ3n) is 0. The van der Waals surface area contributed by atoms with E-state index in [4.69, 9.17) is 27.9 Å². The number of nitrogens with two attached hydrogens (primary N) is 2. The molecule has 6 N–H and O–H groups in total. The van der Waals surface area contributed by atoms with Gasteiger partial charge in [0.1, 0.15) is 0 Å². The first-order valence-corrected chi connectivity index (χ1v) is 3.67. The van der Waals surface area contributed by atoms with Crippen molar-refractivity contribution in [1.82, 2.24) is 0 Å². The van der Waals surface area contributed by atoms with Crippen molar-refractivity contribution in [3.8, 4) is 0 Å². The van der Waals surface area contributed by atoms with Crippen LogP contribution in [0.25, 0.3) is 0 Å². The third-order valence-corrected chi connectivity index (χ3v) is 0. The molecule has 0 heterocycles. The second kappa shape index (κ2) is 12.4. The van der Waals surface area contributed by atoms with Crippen molar-refractivity contribution in [2.45, 2.75) is 0 Å². The van der Waals surface area contributed by atoms with Gasteiger partial charge in [0.05, 0.1) is 14.1 Å². The van der Waals surface area contributed by atoms with E-state index in [0.717, 1.165) is 11.0 Å². The smallest absolute Gasteiger partial charge is 0.0947 e. The van der Waals surface area contributed by atoms with Gasteiger partial charge in [0.25, 0.3) is 0 Å². The molecular weight excluding hydrogens is 180 g/mol. The molecule has 0 saturated heterocycles. The number of hydrogen-bond donors (Lipinski definition) is 4. The predicted octanol–water partition coefficient (Wildman–Crippen LogP) is -4.20. The molecule has 0 atom stereocenters. The summed E-state index contributed by atoms with van der Waals surface area (Å²) >= 11 is 0. The van der Waals surface area contributed by atoms with Gasteiger partial charge in [-0.15, -0.1) is 0 Å². The Balaban J connectivity index is -0.0000000933. The molecular formula is C2H12N2O6S. The van der Waals surface area contributed by atoms with Gasteiger partial charge in [-0.2, -0.15) is 0 Å². The summed E-state index contributed by atoms with van der Waals surface area (Å²) in [5.74, 6) is 0. The molecule has 0 aromatic rings. The fourth-order valence-corrected chi connectivity index (χ4v) is 0. The molecule has 0 aliphatic carbocycles. The molecule has 0 spiro atoms. The summed E-state index contributed by atoms with van der Waals surface area (Å²) in [6, 6.07) is 0. The van der Waals surface area contributed by atoms with Crippen molar-refractivity contribution in [1.29, 1.82) is 0 Å². The Labute approximate surface area is 64.3 Å². The molecule has 11 heavy (non-hydrogen) atoms. The van der Waals surface area contributed by atoms with Crippen molar-refractivity contribution in [3.63, 3.8) is 0 Å². The molecule has 0 saturated carbocycles. The van der Waals surface area contributed by atoms with Crippen LogP contribution < -0.4 is 11.0 Å². The fraction of sp³-hybridized carbons (Fsp3) is 1.00. The van der Waals surface area contributed by atoms with Crippen LogP contribution in [0.5, 0.6) is 0 Å². The molecule has 0 bridgehead atoms. The van der Waals surface area contributed by atoms with E-state index < -0.39 is 10.4 Å². The maximum absolute atomic E-state index is 8.52. The van der Waals surface area contributed by atoms with Crippen molar-refractivity contribution in [2.75, 3.05) is 14.1 Å². The van der Waals surface area contributed by atoms with Crippen LogP contribution in [0.15, 0.2) is 0 Å². The SMILES string of the molecule is C[NH2+]O.C[NH2+]O.O=S(=O)([O-])[O-]. The predicted molar refractivity (Wildman–Crippen MR) is 29.7 cm³/mol. The third kappa shape index (κ3) is 6860. The van der Waals surface area contributed by atoms with Crippen LogP contribution in [0.4, 0.5) is 0 Å². The van der Waals surface area contributed by atoms with Gasteiger partial charge in [-0.3, -0.25) is 8.42 Å². The average molecular weight is 192 g/mol. The maximum Gasteiger partial charge on any atom is 0.0947 e. The van der Waals surface area contributed by atoms with E-state index in [2.05, 4.69) is 0 Å². The highest BCUT2D eigenvalue weighted by atomic mass is 32.3. The van der Waals surface area contributed by atoms with Gasteiger partial charge in [0.2, 0.25) is 0 Å². The highest BCUT2D eigenvalue weighted by molar-refractivity contribution is 7.79. The Kier molecular flexibility index (Phi) is 19.1. The molecule has 9 heteroatoms. The summed E-state index contributed by atoms with van der Waals surface area (Å²) in [6.45, 7) is 0. The topological polar surface area (TPSA) is 154 Å². The molecule has 0 amide bonds. The Hall–Kier alpha value is -0.290. The first kappa shape index (κ1) is 17.0. The van der Waals surface area contributed by atoms with E-state index >= 15 is 0 Å². The Morgan fingerprint density at radius 3 is 1.09 bits per heavy atom. The highest BCUT2D eigenvalue weighted by Gasteiger charge is 1.49.